The second kappa shape index (κ2) is 6.22. The number of hydrogen-bond donors (Lipinski definition) is 2. The Morgan fingerprint density at radius 3 is 2.57 bits per heavy atom. The number of carbonyl (C=O) groups excluding carboxylic acids is 1. The highest BCUT2D eigenvalue weighted by Crippen LogP contribution is 2.17. The van der Waals surface area contributed by atoms with Gasteiger partial charge in [0.1, 0.15) is 5.76 Å². The topological polar surface area (TPSA) is 106 Å². The number of aromatic nitrogens is 4. The Balaban J connectivity index is 1.73. The summed E-state index contributed by atoms with van der Waals surface area (Å²) in [5.41, 5.74) is 1.40. The number of carbonyl (C=O) groups is 1. The predicted molar refractivity (Wildman–Crippen MR) is 84.1 cm³/mol. The van der Waals surface area contributed by atoms with Crippen LogP contribution in [0.25, 0.3) is 0 Å². The second-order valence-corrected chi connectivity index (χ2v) is 4.87. The maximum atomic E-state index is 11.3. The zero-order valence-corrected chi connectivity index (χ0v) is 12.6. The molecule has 0 bridgehead atoms. The van der Waals surface area contributed by atoms with E-state index < -0.39 is 0 Å². The van der Waals surface area contributed by atoms with E-state index in [4.69, 9.17) is 4.52 Å². The van der Waals surface area contributed by atoms with E-state index >= 15 is 0 Å². The zero-order chi connectivity index (χ0) is 16.2. The molecule has 8 nitrogen and oxygen atoms in total. The number of hydrogen-bond acceptors (Lipinski definition) is 8. The van der Waals surface area contributed by atoms with Crippen molar-refractivity contribution >= 4 is 29.1 Å². The van der Waals surface area contributed by atoms with Crippen LogP contribution in [0.2, 0.25) is 0 Å². The minimum absolute atomic E-state index is 0.0172. The maximum absolute atomic E-state index is 11.3. The van der Waals surface area contributed by atoms with Crippen molar-refractivity contribution in [1.29, 1.82) is 0 Å². The van der Waals surface area contributed by atoms with E-state index in [1.165, 1.54) is 13.1 Å². The number of anilines is 4. The fourth-order valence-electron chi connectivity index (χ4n) is 1.89. The van der Waals surface area contributed by atoms with Gasteiger partial charge in [0.05, 0.1) is 6.20 Å². The molecule has 0 atom stereocenters. The fraction of sp³-hybridized carbons (Fsp3) is 0.133. The van der Waals surface area contributed by atoms with Crippen LogP contribution < -0.4 is 10.6 Å². The number of aryl methyl sites for hydroxylation is 1. The third-order valence-corrected chi connectivity index (χ3v) is 2.99. The Labute approximate surface area is 131 Å². The first kappa shape index (κ1) is 14.6. The summed E-state index contributed by atoms with van der Waals surface area (Å²) in [6.45, 7) is 3.32. The zero-order valence-electron chi connectivity index (χ0n) is 12.6. The van der Waals surface area contributed by atoms with Gasteiger partial charge in [-0.1, -0.05) is 5.16 Å². The molecule has 0 saturated heterocycles. The van der Waals surface area contributed by atoms with Crippen LogP contribution in [-0.4, -0.2) is 26.1 Å². The molecule has 0 amide bonds. The van der Waals surface area contributed by atoms with Crippen molar-refractivity contribution in [3.05, 3.63) is 47.9 Å². The van der Waals surface area contributed by atoms with Crippen LogP contribution in [0.1, 0.15) is 23.0 Å². The van der Waals surface area contributed by atoms with Gasteiger partial charge in [0.25, 0.3) is 0 Å². The van der Waals surface area contributed by atoms with Crippen LogP contribution in [0.4, 0.5) is 23.3 Å². The van der Waals surface area contributed by atoms with Gasteiger partial charge in [-0.05, 0) is 38.1 Å². The summed E-state index contributed by atoms with van der Waals surface area (Å²) in [6.07, 6.45) is 1.48. The van der Waals surface area contributed by atoms with Gasteiger partial charge >= 0.3 is 0 Å². The number of benzene rings is 1. The van der Waals surface area contributed by atoms with Gasteiger partial charge < -0.3 is 15.2 Å². The molecule has 0 aliphatic heterocycles. The molecule has 0 fully saturated rings. The highest BCUT2D eigenvalue weighted by atomic mass is 16.5. The van der Waals surface area contributed by atoms with Gasteiger partial charge in [-0.15, -0.1) is 5.10 Å². The van der Waals surface area contributed by atoms with Crippen molar-refractivity contribution in [2.75, 3.05) is 10.6 Å². The molecule has 1 aromatic carbocycles. The Hall–Kier alpha value is -3.29. The van der Waals surface area contributed by atoms with Crippen LogP contribution in [0.5, 0.6) is 0 Å². The van der Waals surface area contributed by atoms with Crippen molar-refractivity contribution < 1.29 is 9.32 Å². The van der Waals surface area contributed by atoms with Crippen molar-refractivity contribution in [2.24, 2.45) is 0 Å². The minimum atomic E-state index is 0.0172. The fourth-order valence-corrected chi connectivity index (χ4v) is 1.89. The molecule has 0 radical (unpaired) electrons. The van der Waals surface area contributed by atoms with Crippen LogP contribution in [-0.2, 0) is 0 Å². The first-order valence-corrected chi connectivity index (χ1v) is 6.88. The molecular formula is C15H14N6O2. The van der Waals surface area contributed by atoms with E-state index in [2.05, 4.69) is 31.0 Å². The average Bonchev–Trinajstić information content (AvgIpc) is 2.93. The molecule has 2 aromatic heterocycles. The van der Waals surface area contributed by atoms with Crippen LogP contribution in [0.15, 0.2) is 41.1 Å². The lowest BCUT2D eigenvalue weighted by molar-refractivity contribution is 0.101. The van der Waals surface area contributed by atoms with E-state index in [1.807, 2.05) is 0 Å². The van der Waals surface area contributed by atoms with Crippen LogP contribution in [0, 0.1) is 6.92 Å². The van der Waals surface area contributed by atoms with Gasteiger partial charge in [0, 0.05) is 17.3 Å². The van der Waals surface area contributed by atoms with E-state index in [0.717, 1.165) is 5.69 Å². The molecule has 8 heteroatoms. The summed E-state index contributed by atoms with van der Waals surface area (Å²) in [4.78, 5) is 15.5. The van der Waals surface area contributed by atoms with Crippen molar-refractivity contribution in [3.63, 3.8) is 0 Å². The molecule has 116 valence electrons. The number of ketones is 1. The quantitative estimate of drug-likeness (QED) is 0.693. The summed E-state index contributed by atoms with van der Waals surface area (Å²) < 4.78 is 4.97. The molecule has 0 unspecified atom stereocenters. The lowest BCUT2D eigenvalue weighted by Crippen LogP contribution is -2.02. The SMILES string of the molecule is CC(=O)c1ccc(Nc2nncc(Nc3cc(C)on3)n2)cc1. The smallest absolute Gasteiger partial charge is 0.249 e. The molecule has 3 aromatic rings. The highest BCUT2D eigenvalue weighted by molar-refractivity contribution is 5.94. The summed E-state index contributed by atoms with van der Waals surface area (Å²) in [6, 6.07) is 8.77. The van der Waals surface area contributed by atoms with E-state index in [-0.39, 0.29) is 5.78 Å². The number of nitrogens with one attached hydrogen (secondary N) is 2. The first-order valence-electron chi connectivity index (χ1n) is 6.88. The number of nitrogens with zero attached hydrogens (tertiary/aromatic N) is 4. The molecule has 0 aliphatic rings. The molecule has 2 heterocycles. The van der Waals surface area contributed by atoms with E-state index in [1.54, 1.807) is 37.3 Å². The molecular weight excluding hydrogens is 296 g/mol. The minimum Gasteiger partial charge on any atom is -0.360 e. The Morgan fingerprint density at radius 1 is 1.13 bits per heavy atom. The van der Waals surface area contributed by atoms with Gasteiger partial charge in [0.15, 0.2) is 17.4 Å². The van der Waals surface area contributed by atoms with Crippen molar-refractivity contribution in [3.8, 4) is 0 Å². The van der Waals surface area contributed by atoms with Crippen molar-refractivity contribution in [2.45, 2.75) is 13.8 Å². The van der Waals surface area contributed by atoms with Gasteiger partial charge in [0.2, 0.25) is 5.95 Å². The van der Waals surface area contributed by atoms with Crippen molar-refractivity contribution in [1.82, 2.24) is 20.3 Å². The molecule has 0 aliphatic carbocycles. The number of rotatable bonds is 5. The Bertz CT molecular complexity index is 828. The van der Waals surface area contributed by atoms with Gasteiger partial charge in [-0.25, -0.2) is 0 Å². The third kappa shape index (κ3) is 3.67. The Morgan fingerprint density at radius 2 is 1.91 bits per heavy atom. The maximum Gasteiger partial charge on any atom is 0.249 e. The van der Waals surface area contributed by atoms with E-state index in [9.17, 15) is 4.79 Å². The predicted octanol–water partition coefficient (Wildman–Crippen LogP) is 2.86. The number of Topliss-reactive ketones (excluding diaryl/α,β-unsaturated/α-hetero) is 1. The largest absolute Gasteiger partial charge is 0.360 e. The molecule has 0 saturated carbocycles. The van der Waals surface area contributed by atoms with Gasteiger partial charge in [-0.3, -0.25) is 4.79 Å². The normalized spacial score (nSPS) is 10.3. The Kier molecular flexibility index (Phi) is 3.96. The standard InChI is InChI=1S/C15H14N6O2/c1-9-7-13(21-23-9)18-14-8-16-20-15(19-14)17-12-5-3-11(4-6-12)10(2)22/h3-8H,1-2H3,(H2,17,18,19,20,21). The monoisotopic (exact) mass is 310 g/mol. The summed E-state index contributed by atoms with van der Waals surface area (Å²) in [5, 5.41) is 17.6. The lowest BCUT2D eigenvalue weighted by Gasteiger charge is -2.06. The van der Waals surface area contributed by atoms with E-state index in [0.29, 0.717) is 28.9 Å². The summed E-state index contributed by atoms with van der Waals surface area (Å²) in [5.74, 6) is 2.06. The molecule has 0 spiro atoms. The summed E-state index contributed by atoms with van der Waals surface area (Å²) in [7, 11) is 0. The van der Waals surface area contributed by atoms with Gasteiger partial charge in [-0.2, -0.15) is 10.1 Å². The first-order chi connectivity index (χ1) is 11.1. The second-order valence-electron chi connectivity index (χ2n) is 4.87. The van der Waals surface area contributed by atoms with Crippen LogP contribution in [0.3, 0.4) is 0 Å². The third-order valence-electron chi connectivity index (χ3n) is 2.99. The molecule has 2 N–H and O–H groups in total. The average molecular weight is 310 g/mol. The van der Waals surface area contributed by atoms with Crippen LogP contribution >= 0.6 is 0 Å². The highest BCUT2D eigenvalue weighted by Gasteiger charge is 2.05. The lowest BCUT2D eigenvalue weighted by atomic mass is 10.1. The molecule has 3 rings (SSSR count). The summed E-state index contributed by atoms with van der Waals surface area (Å²) >= 11 is 0. The molecule has 23 heavy (non-hydrogen) atoms.